The number of nitrogens with zero attached hydrogens (tertiary/aromatic N) is 1. The summed E-state index contributed by atoms with van der Waals surface area (Å²) in [6.45, 7) is 11.0. The highest BCUT2D eigenvalue weighted by atomic mass is 16.6. The highest BCUT2D eigenvalue weighted by Crippen LogP contribution is 2.24. The number of nitrogens with one attached hydrogen (secondary N) is 1. The summed E-state index contributed by atoms with van der Waals surface area (Å²) in [5.41, 5.74) is 0.413. The average molecular weight is 519 g/mol. The molecule has 1 N–H and O–H groups in total. The molecule has 0 unspecified atom stereocenters. The van der Waals surface area contributed by atoms with Crippen LogP contribution in [0, 0.1) is 5.92 Å². The number of hydrogen-bond donors (Lipinski definition) is 1. The smallest absolute Gasteiger partial charge is 0.410 e. The van der Waals surface area contributed by atoms with Crippen LogP contribution in [-0.4, -0.2) is 60.3 Å². The lowest BCUT2D eigenvalue weighted by Crippen LogP contribution is -2.48. The third-order valence-corrected chi connectivity index (χ3v) is 6.47. The molecular weight excluding hydrogens is 472 g/mol. The van der Waals surface area contributed by atoms with Crippen LogP contribution in [0.1, 0.15) is 85.1 Å². The summed E-state index contributed by atoms with van der Waals surface area (Å²) in [4.78, 5) is 38.9. The van der Waals surface area contributed by atoms with E-state index in [1.165, 1.54) is 0 Å². The monoisotopic (exact) mass is 518 g/mol. The maximum atomic E-state index is 12.4. The summed E-state index contributed by atoms with van der Waals surface area (Å²) in [7, 11) is 0. The third kappa shape index (κ3) is 12.0. The van der Waals surface area contributed by atoms with Gasteiger partial charge in [-0.05, 0) is 65.4 Å². The lowest BCUT2D eigenvalue weighted by atomic mass is 9.91. The Kier molecular flexibility index (Phi) is 12.9. The van der Waals surface area contributed by atoms with Gasteiger partial charge in [0.1, 0.15) is 24.3 Å². The molecule has 1 aliphatic heterocycles. The molecule has 1 aromatic rings. The number of rotatable bonds is 13. The van der Waals surface area contributed by atoms with Crippen LogP contribution in [-0.2, 0) is 30.4 Å². The molecule has 0 aromatic heterocycles. The summed E-state index contributed by atoms with van der Waals surface area (Å²) in [6.07, 6.45) is 6.39. The highest BCUT2D eigenvalue weighted by Gasteiger charge is 2.28. The van der Waals surface area contributed by atoms with Crippen molar-refractivity contribution in [2.24, 2.45) is 5.92 Å². The highest BCUT2D eigenvalue weighted by molar-refractivity contribution is 5.79. The van der Waals surface area contributed by atoms with Gasteiger partial charge in [0.2, 0.25) is 0 Å². The Morgan fingerprint density at radius 3 is 2.30 bits per heavy atom. The molecule has 0 aliphatic carbocycles. The Morgan fingerprint density at radius 1 is 1.00 bits per heavy atom. The van der Waals surface area contributed by atoms with Gasteiger partial charge in [0, 0.05) is 13.1 Å². The fourth-order valence-electron chi connectivity index (χ4n) is 4.45. The lowest BCUT2D eigenvalue weighted by molar-refractivity contribution is -0.157. The number of likely N-dealkylation sites (tertiary alicyclic amines) is 1. The molecule has 0 spiro atoms. The molecule has 8 heteroatoms. The van der Waals surface area contributed by atoms with Crippen LogP contribution in [0.4, 0.5) is 4.79 Å². The standard InChI is InChI=1S/C29H46N2O6/c1-6-35-27(33)25(30-22(2)26(32)37-29(3,4)5)16-12-8-9-13-23-17-19-31(20-18-23)28(34)36-21-24-14-10-7-11-15-24/h7,10-11,14-15,22-23,25,30H,6,8-9,12-13,16-21H2,1-5H3/t22-,25-/m0/s1. The average Bonchev–Trinajstić information content (AvgIpc) is 2.86. The zero-order valence-electron chi connectivity index (χ0n) is 23.3. The summed E-state index contributed by atoms with van der Waals surface area (Å²) >= 11 is 0. The number of amides is 1. The van der Waals surface area contributed by atoms with Gasteiger partial charge < -0.3 is 19.1 Å². The first-order valence-electron chi connectivity index (χ1n) is 13.7. The Bertz CT molecular complexity index is 831. The molecular formula is C29H46N2O6. The van der Waals surface area contributed by atoms with Crippen LogP contribution in [0.15, 0.2) is 30.3 Å². The minimum absolute atomic E-state index is 0.236. The zero-order valence-corrected chi connectivity index (χ0v) is 23.3. The number of benzene rings is 1. The van der Waals surface area contributed by atoms with E-state index < -0.39 is 17.7 Å². The van der Waals surface area contributed by atoms with Gasteiger partial charge in [0.05, 0.1) is 6.61 Å². The predicted octanol–water partition coefficient (Wildman–Crippen LogP) is 5.24. The van der Waals surface area contributed by atoms with E-state index in [-0.39, 0.29) is 18.0 Å². The van der Waals surface area contributed by atoms with Crippen molar-refractivity contribution in [2.75, 3.05) is 19.7 Å². The van der Waals surface area contributed by atoms with Crippen LogP contribution in [0.3, 0.4) is 0 Å². The fourth-order valence-corrected chi connectivity index (χ4v) is 4.45. The van der Waals surface area contributed by atoms with E-state index in [0.717, 1.165) is 57.2 Å². The van der Waals surface area contributed by atoms with Gasteiger partial charge in [-0.2, -0.15) is 0 Å². The normalized spacial score (nSPS) is 16.1. The Labute approximate surface area is 222 Å². The molecule has 1 fully saturated rings. The molecule has 0 radical (unpaired) electrons. The summed E-state index contributed by atoms with van der Waals surface area (Å²) in [5.74, 6) is -0.106. The van der Waals surface area contributed by atoms with Crippen molar-refractivity contribution in [1.82, 2.24) is 10.2 Å². The van der Waals surface area contributed by atoms with E-state index >= 15 is 0 Å². The SMILES string of the molecule is CCOC(=O)[C@H](CCCCCC1CCN(C(=O)OCc2ccccc2)CC1)N[C@@H](C)C(=O)OC(C)(C)C. The minimum Gasteiger partial charge on any atom is -0.465 e. The van der Waals surface area contributed by atoms with E-state index in [2.05, 4.69) is 5.32 Å². The van der Waals surface area contributed by atoms with E-state index in [0.29, 0.717) is 25.6 Å². The number of ether oxygens (including phenoxy) is 3. The number of carbonyl (C=O) groups excluding carboxylic acids is 3. The zero-order chi connectivity index (χ0) is 27.3. The van der Waals surface area contributed by atoms with Crippen molar-refractivity contribution < 1.29 is 28.6 Å². The van der Waals surface area contributed by atoms with Gasteiger partial charge in [0.15, 0.2) is 0 Å². The molecule has 37 heavy (non-hydrogen) atoms. The van der Waals surface area contributed by atoms with Crippen molar-refractivity contribution in [3.8, 4) is 0 Å². The molecule has 8 nitrogen and oxygen atoms in total. The minimum atomic E-state index is -0.599. The second-order valence-corrected chi connectivity index (χ2v) is 10.8. The molecule has 1 heterocycles. The van der Waals surface area contributed by atoms with Crippen molar-refractivity contribution in [1.29, 1.82) is 0 Å². The van der Waals surface area contributed by atoms with Gasteiger partial charge in [0.25, 0.3) is 0 Å². The summed E-state index contributed by atoms with van der Waals surface area (Å²) in [6, 6.07) is 8.59. The molecule has 1 saturated heterocycles. The van der Waals surface area contributed by atoms with Crippen molar-refractivity contribution >= 4 is 18.0 Å². The molecule has 2 rings (SSSR count). The van der Waals surface area contributed by atoms with Gasteiger partial charge in [-0.25, -0.2) is 4.79 Å². The molecule has 1 aliphatic rings. The second-order valence-electron chi connectivity index (χ2n) is 10.8. The first-order valence-corrected chi connectivity index (χ1v) is 13.7. The van der Waals surface area contributed by atoms with Crippen molar-refractivity contribution in [3.63, 3.8) is 0 Å². The number of esters is 2. The maximum absolute atomic E-state index is 12.4. The third-order valence-electron chi connectivity index (χ3n) is 6.47. The molecule has 1 aromatic carbocycles. The van der Waals surface area contributed by atoms with Gasteiger partial charge >= 0.3 is 18.0 Å². The van der Waals surface area contributed by atoms with Crippen LogP contribution >= 0.6 is 0 Å². The number of carbonyl (C=O) groups is 3. The van der Waals surface area contributed by atoms with Crippen molar-refractivity contribution in [2.45, 2.75) is 104 Å². The van der Waals surface area contributed by atoms with Crippen LogP contribution in [0.5, 0.6) is 0 Å². The number of piperidine rings is 1. The van der Waals surface area contributed by atoms with E-state index in [4.69, 9.17) is 14.2 Å². The van der Waals surface area contributed by atoms with Crippen LogP contribution in [0.25, 0.3) is 0 Å². The second kappa shape index (κ2) is 15.6. The van der Waals surface area contributed by atoms with Gasteiger partial charge in [-0.3, -0.25) is 14.9 Å². The first kappa shape index (κ1) is 30.6. The predicted molar refractivity (Wildman–Crippen MR) is 143 cm³/mol. The van der Waals surface area contributed by atoms with Crippen LogP contribution in [0.2, 0.25) is 0 Å². The largest absolute Gasteiger partial charge is 0.465 e. The van der Waals surface area contributed by atoms with Gasteiger partial charge in [-0.15, -0.1) is 0 Å². The summed E-state index contributed by atoms with van der Waals surface area (Å²) in [5, 5.41) is 3.10. The molecule has 0 bridgehead atoms. The lowest BCUT2D eigenvalue weighted by Gasteiger charge is -2.31. The number of hydrogen-bond acceptors (Lipinski definition) is 7. The quantitative estimate of drug-likeness (QED) is 0.217. The number of unbranched alkanes of at least 4 members (excludes halogenated alkanes) is 2. The molecule has 208 valence electrons. The van der Waals surface area contributed by atoms with E-state index in [1.54, 1.807) is 18.7 Å². The topological polar surface area (TPSA) is 94.2 Å². The van der Waals surface area contributed by atoms with E-state index in [1.807, 2.05) is 51.1 Å². The Balaban J connectivity index is 1.66. The van der Waals surface area contributed by atoms with E-state index in [9.17, 15) is 14.4 Å². The Hall–Kier alpha value is -2.61. The maximum Gasteiger partial charge on any atom is 0.410 e. The first-order chi connectivity index (χ1) is 17.6. The van der Waals surface area contributed by atoms with Gasteiger partial charge in [-0.1, -0.05) is 56.0 Å². The summed E-state index contributed by atoms with van der Waals surface area (Å²) < 4.78 is 16.1. The molecule has 0 saturated carbocycles. The fraction of sp³-hybridized carbons (Fsp3) is 0.690. The molecule has 2 atom stereocenters. The Morgan fingerprint density at radius 2 is 1.68 bits per heavy atom. The molecule has 1 amide bonds. The van der Waals surface area contributed by atoms with Crippen molar-refractivity contribution in [3.05, 3.63) is 35.9 Å². The van der Waals surface area contributed by atoms with Crippen LogP contribution < -0.4 is 5.32 Å².